The summed E-state index contributed by atoms with van der Waals surface area (Å²) in [4.78, 5) is -1.74. The summed E-state index contributed by atoms with van der Waals surface area (Å²) in [5, 5.41) is 12.2. The monoisotopic (exact) mass is 348 g/mol. The molecule has 0 atom stereocenters. The van der Waals surface area contributed by atoms with Crippen LogP contribution in [0.1, 0.15) is 0 Å². The second kappa shape index (κ2) is 4.98. The average molecular weight is 348 g/mol. The van der Waals surface area contributed by atoms with Crippen LogP contribution in [0.2, 0.25) is 0 Å². The fraction of sp³-hybridized carbons (Fsp3) is 0.0909. The van der Waals surface area contributed by atoms with Crippen LogP contribution >= 0.6 is 0 Å². The third-order valence-corrected chi connectivity index (χ3v) is 4.85. The van der Waals surface area contributed by atoms with Crippen molar-refractivity contribution in [2.24, 2.45) is 0 Å². The zero-order valence-corrected chi connectivity index (χ0v) is 12.7. The van der Waals surface area contributed by atoms with Gasteiger partial charge in [-0.15, -0.1) is 0 Å². The van der Waals surface area contributed by atoms with Gasteiger partial charge in [-0.05, 0) is 12.1 Å². The van der Waals surface area contributed by atoms with Crippen LogP contribution in [0.15, 0.2) is 28.0 Å². The van der Waals surface area contributed by atoms with Crippen LogP contribution in [-0.2, 0) is 20.2 Å². The van der Waals surface area contributed by atoms with Crippen molar-refractivity contribution in [2.75, 3.05) is 18.1 Å². The highest BCUT2D eigenvalue weighted by atomic mass is 32.2. The van der Waals surface area contributed by atoms with Crippen molar-refractivity contribution in [3.05, 3.63) is 18.2 Å². The highest BCUT2D eigenvalue weighted by Gasteiger charge is 2.26. The van der Waals surface area contributed by atoms with Crippen LogP contribution in [-0.4, -0.2) is 38.1 Å². The normalized spacial score (nSPS) is 12.5. The molecule has 22 heavy (non-hydrogen) atoms. The number of nitrogens with two attached hydrogens (primary N) is 1. The Morgan fingerprint density at radius 1 is 1.05 bits per heavy atom. The summed E-state index contributed by atoms with van der Waals surface area (Å²) in [7, 11) is -8.24. The Morgan fingerprint density at radius 3 is 2.05 bits per heavy atom. The van der Waals surface area contributed by atoms with E-state index >= 15 is 0 Å². The number of aromatic hydroxyl groups is 1. The highest BCUT2D eigenvalue weighted by Crippen LogP contribution is 2.41. The number of anilines is 2. The van der Waals surface area contributed by atoms with Crippen LogP contribution in [0.25, 0.3) is 10.8 Å². The predicted molar refractivity (Wildman–Crippen MR) is 79.2 cm³/mol. The van der Waals surface area contributed by atoms with Crippen LogP contribution in [0, 0.1) is 0 Å². The van der Waals surface area contributed by atoms with E-state index in [1.165, 1.54) is 19.2 Å². The quantitative estimate of drug-likeness (QED) is 0.304. The Bertz CT molecular complexity index is 981. The molecule has 0 fully saturated rings. The average Bonchev–Trinajstić information content (AvgIpc) is 2.36. The Balaban J connectivity index is 3.18. The number of nitrogens with one attached hydrogen (secondary N) is 1. The molecule has 0 saturated heterocycles. The molecule has 0 spiro atoms. The summed E-state index contributed by atoms with van der Waals surface area (Å²) in [6.45, 7) is 0. The fourth-order valence-electron chi connectivity index (χ4n) is 2.10. The Kier molecular flexibility index (Phi) is 3.69. The van der Waals surface area contributed by atoms with Crippen molar-refractivity contribution in [2.45, 2.75) is 9.79 Å². The van der Waals surface area contributed by atoms with E-state index in [-0.39, 0.29) is 16.5 Å². The molecule has 0 unspecified atom stereocenters. The number of hydrogen-bond donors (Lipinski definition) is 5. The molecule has 0 bridgehead atoms. The van der Waals surface area contributed by atoms with Crippen molar-refractivity contribution in [1.82, 2.24) is 0 Å². The SMILES string of the molecule is CNc1ccc2c(S(=O)(=O)O)cc(S(=O)(=O)O)c(N)c2c1O. The van der Waals surface area contributed by atoms with E-state index in [1.807, 2.05) is 0 Å². The largest absolute Gasteiger partial charge is 0.505 e. The molecule has 0 aromatic heterocycles. The zero-order chi connectivity index (χ0) is 16.9. The van der Waals surface area contributed by atoms with Crippen molar-refractivity contribution in [3.8, 4) is 5.75 Å². The third-order valence-electron chi connectivity index (χ3n) is 3.07. The summed E-state index contributed by atoms with van der Waals surface area (Å²) >= 11 is 0. The molecule has 0 amide bonds. The van der Waals surface area contributed by atoms with Gasteiger partial charge >= 0.3 is 0 Å². The van der Waals surface area contributed by atoms with E-state index in [0.717, 1.165) is 0 Å². The van der Waals surface area contributed by atoms with Crippen molar-refractivity contribution in [3.63, 3.8) is 0 Å². The first-order chi connectivity index (χ1) is 9.98. The number of hydrogen-bond acceptors (Lipinski definition) is 7. The Morgan fingerprint density at radius 2 is 1.59 bits per heavy atom. The van der Waals surface area contributed by atoms with E-state index in [2.05, 4.69) is 5.32 Å². The topological polar surface area (TPSA) is 167 Å². The van der Waals surface area contributed by atoms with E-state index in [0.29, 0.717) is 6.07 Å². The highest BCUT2D eigenvalue weighted by molar-refractivity contribution is 7.87. The maximum atomic E-state index is 11.4. The third kappa shape index (κ3) is 2.54. The lowest BCUT2D eigenvalue weighted by atomic mass is 10.1. The lowest BCUT2D eigenvalue weighted by molar-refractivity contribution is 0.481. The number of fused-ring (bicyclic) bond motifs is 1. The van der Waals surface area contributed by atoms with Gasteiger partial charge in [-0.3, -0.25) is 9.11 Å². The van der Waals surface area contributed by atoms with E-state index in [9.17, 15) is 26.5 Å². The maximum Gasteiger partial charge on any atom is 0.296 e. The first-order valence-electron chi connectivity index (χ1n) is 5.69. The molecule has 2 aromatic rings. The molecule has 0 saturated carbocycles. The lowest BCUT2D eigenvalue weighted by Gasteiger charge is -2.14. The summed E-state index contributed by atoms with van der Waals surface area (Å²) in [5.41, 5.74) is 5.24. The van der Waals surface area contributed by atoms with Gasteiger partial charge in [-0.1, -0.05) is 6.07 Å². The van der Waals surface area contributed by atoms with Gasteiger partial charge in [0.2, 0.25) is 0 Å². The Hall–Kier alpha value is -2.08. The van der Waals surface area contributed by atoms with E-state index in [4.69, 9.17) is 10.3 Å². The summed E-state index contributed by atoms with van der Waals surface area (Å²) in [6, 6.07) is 3.08. The predicted octanol–water partition coefficient (Wildman–Crippen LogP) is 0.663. The molecule has 120 valence electrons. The first kappa shape index (κ1) is 16.3. The number of rotatable bonds is 3. The second-order valence-electron chi connectivity index (χ2n) is 4.37. The molecule has 0 radical (unpaired) electrons. The molecule has 6 N–H and O–H groups in total. The molecule has 2 aromatic carbocycles. The molecule has 0 aliphatic rings. The van der Waals surface area contributed by atoms with E-state index in [1.54, 1.807) is 0 Å². The van der Waals surface area contributed by atoms with Gasteiger partial charge in [-0.25, -0.2) is 0 Å². The number of phenols is 1. The van der Waals surface area contributed by atoms with Crippen LogP contribution in [0.3, 0.4) is 0 Å². The molecule has 11 heteroatoms. The molecule has 0 aliphatic carbocycles. The van der Waals surface area contributed by atoms with Crippen LogP contribution < -0.4 is 11.1 Å². The van der Waals surface area contributed by atoms with Gasteiger partial charge < -0.3 is 16.2 Å². The van der Waals surface area contributed by atoms with Gasteiger partial charge in [0.15, 0.2) is 0 Å². The number of nitrogen functional groups attached to an aromatic ring is 1. The summed E-state index contributed by atoms with van der Waals surface area (Å²) in [5.74, 6) is -0.520. The Labute approximate surface area is 125 Å². The smallest absolute Gasteiger partial charge is 0.296 e. The van der Waals surface area contributed by atoms with Crippen molar-refractivity contribution >= 4 is 42.4 Å². The molecular weight excluding hydrogens is 336 g/mol. The van der Waals surface area contributed by atoms with Gasteiger partial charge in [0.1, 0.15) is 15.5 Å². The zero-order valence-electron chi connectivity index (χ0n) is 11.1. The van der Waals surface area contributed by atoms with Crippen molar-refractivity contribution < 1.29 is 31.0 Å². The molecular formula is C11H12N2O7S2. The minimum atomic E-state index is -4.88. The van der Waals surface area contributed by atoms with Gasteiger partial charge in [0, 0.05) is 12.4 Å². The van der Waals surface area contributed by atoms with Crippen molar-refractivity contribution in [1.29, 1.82) is 0 Å². The van der Waals surface area contributed by atoms with Crippen LogP contribution in [0.4, 0.5) is 11.4 Å². The van der Waals surface area contributed by atoms with E-state index < -0.39 is 41.5 Å². The molecule has 0 aliphatic heterocycles. The second-order valence-corrected chi connectivity index (χ2v) is 7.15. The maximum absolute atomic E-state index is 11.4. The van der Waals surface area contributed by atoms with Gasteiger partial charge in [-0.2, -0.15) is 16.8 Å². The fourth-order valence-corrected chi connectivity index (χ4v) is 3.53. The van der Waals surface area contributed by atoms with Crippen LogP contribution in [0.5, 0.6) is 5.75 Å². The molecule has 2 rings (SSSR count). The summed E-state index contributed by atoms with van der Waals surface area (Å²) < 4.78 is 64.0. The minimum absolute atomic E-state index is 0.146. The molecule has 0 heterocycles. The first-order valence-corrected chi connectivity index (χ1v) is 8.57. The lowest BCUT2D eigenvalue weighted by Crippen LogP contribution is -2.08. The molecule has 9 nitrogen and oxygen atoms in total. The standard InChI is InChI=1S/C11H12N2O7S2/c1-13-6-3-2-5-7(21(15,16)17)4-8(22(18,19)20)10(12)9(5)11(6)14/h2-4,13-14H,12H2,1H3,(H,15,16,17)(H,18,19,20). The van der Waals surface area contributed by atoms with Gasteiger partial charge in [0.25, 0.3) is 20.2 Å². The minimum Gasteiger partial charge on any atom is -0.505 e. The number of benzene rings is 2. The number of phenolic OH excluding ortho intramolecular Hbond substituents is 1. The van der Waals surface area contributed by atoms with Gasteiger partial charge in [0.05, 0.1) is 16.8 Å². The summed E-state index contributed by atoms with van der Waals surface area (Å²) in [6.07, 6.45) is 0.